The first-order valence-electron chi connectivity index (χ1n) is 12.5. The fourth-order valence-corrected chi connectivity index (χ4v) is 9.95. The Labute approximate surface area is 230 Å². The molecule has 0 spiro atoms. The van der Waals surface area contributed by atoms with Crippen molar-refractivity contribution in [2.24, 2.45) is 0 Å². The molecule has 0 aliphatic carbocycles. The number of fused-ring (bicyclic) bond motifs is 1. The number of benzene rings is 1. The molecule has 12 heteroatoms. The van der Waals surface area contributed by atoms with E-state index in [2.05, 4.69) is 20.2 Å². The van der Waals surface area contributed by atoms with Crippen LogP contribution >= 0.6 is 20.1 Å². The van der Waals surface area contributed by atoms with Gasteiger partial charge in [-0.1, -0.05) is 0 Å². The first-order chi connectivity index (χ1) is 18.0. The quantitative estimate of drug-likeness (QED) is 0.221. The molecule has 2 saturated heterocycles. The summed E-state index contributed by atoms with van der Waals surface area (Å²) in [4.78, 5) is 49.5. The maximum absolute atomic E-state index is 12.5. The van der Waals surface area contributed by atoms with Gasteiger partial charge >= 0.3 is 179 Å². The fraction of sp³-hybridized carbons (Fsp3) is 0.500. The molecule has 2 aromatic rings. The van der Waals surface area contributed by atoms with Gasteiger partial charge in [-0.05, 0) is 20.8 Å². The van der Waals surface area contributed by atoms with Gasteiger partial charge in [0.15, 0.2) is 0 Å². The van der Waals surface area contributed by atoms with Crippen molar-refractivity contribution >= 4 is 44.1 Å². The Balaban J connectivity index is 1.34. The van der Waals surface area contributed by atoms with Crippen LogP contribution in [0.15, 0.2) is 36.7 Å². The molecule has 1 atom stereocenters. The molecule has 2 aliphatic heterocycles. The standard InChI is InChI=1S/C26H35IN6O5/c1-18-12-27-17-32(9-10-33(27)25(36)37-18)23-28-13-21(14-29-23)20-8-6-7-19(11-20)16-31(5)22(34)15-30-24(35)38-26(2,3)4/h6-8,11,13-14,18H,9-10,12,15-17H2,1-5H3,(H,30,35). The summed E-state index contributed by atoms with van der Waals surface area (Å²) < 4.78 is 14.3. The normalized spacial score (nSPS) is 18.4. The predicted molar refractivity (Wildman–Crippen MR) is 152 cm³/mol. The fourth-order valence-electron chi connectivity index (χ4n) is 4.05. The number of alkyl carbamates (subject to hydrolysis) is 1. The predicted octanol–water partition coefficient (Wildman–Crippen LogP) is 3.67. The minimum atomic E-state index is -1.66. The first-order valence-corrected chi connectivity index (χ1v) is 16.5. The number of rotatable bonds is 6. The Morgan fingerprint density at radius 3 is 2.66 bits per heavy atom. The van der Waals surface area contributed by atoms with Gasteiger partial charge in [0.1, 0.15) is 12.1 Å². The van der Waals surface area contributed by atoms with Crippen molar-refractivity contribution in [3.8, 4) is 11.1 Å². The number of hydrogen-bond donors (Lipinski definition) is 1. The second-order valence-corrected chi connectivity index (χ2v) is 15.5. The molecule has 2 fully saturated rings. The van der Waals surface area contributed by atoms with E-state index in [1.165, 1.54) is 0 Å². The van der Waals surface area contributed by atoms with Crippen LogP contribution in [0, 0.1) is 0 Å². The molecule has 0 radical (unpaired) electrons. The molecule has 3 amide bonds. The van der Waals surface area contributed by atoms with Crippen LogP contribution in [0.25, 0.3) is 11.1 Å². The summed E-state index contributed by atoms with van der Waals surface area (Å²) in [6, 6.07) is 7.87. The molecular weight excluding hydrogens is 603 g/mol. The van der Waals surface area contributed by atoms with E-state index in [0.29, 0.717) is 25.6 Å². The van der Waals surface area contributed by atoms with Crippen LogP contribution < -0.4 is 10.2 Å². The number of aromatic nitrogens is 2. The van der Waals surface area contributed by atoms with Crippen LogP contribution in [0.1, 0.15) is 33.3 Å². The van der Waals surface area contributed by atoms with E-state index < -0.39 is 31.8 Å². The van der Waals surface area contributed by atoms with Crippen molar-refractivity contribution in [2.45, 2.75) is 45.9 Å². The van der Waals surface area contributed by atoms with Crippen LogP contribution in [-0.4, -0.2) is 83.4 Å². The molecule has 38 heavy (non-hydrogen) atoms. The molecular formula is C26H35IN6O5. The Morgan fingerprint density at radius 1 is 1.21 bits per heavy atom. The molecule has 0 saturated carbocycles. The van der Waals surface area contributed by atoms with Crippen LogP contribution in [0.5, 0.6) is 0 Å². The zero-order valence-electron chi connectivity index (χ0n) is 22.4. The average Bonchev–Trinajstić information content (AvgIpc) is 2.86. The van der Waals surface area contributed by atoms with Gasteiger partial charge in [-0.2, -0.15) is 0 Å². The summed E-state index contributed by atoms with van der Waals surface area (Å²) in [6.07, 6.45) is 2.82. The second kappa shape index (κ2) is 11.7. The molecule has 1 unspecified atom stereocenters. The number of halogens is 1. The van der Waals surface area contributed by atoms with Gasteiger partial charge in [0.2, 0.25) is 0 Å². The third-order valence-electron chi connectivity index (χ3n) is 5.84. The van der Waals surface area contributed by atoms with Gasteiger partial charge in [-0.3, -0.25) is 4.79 Å². The molecule has 1 N–H and O–H groups in total. The van der Waals surface area contributed by atoms with E-state index >= 15 is 0 Å². The number of ether oxygens (including phenoxy) is 2. The van der Waals surface area contributed by atoms with E-state index in [9.17, 15) is 14.4 Å². The Kier molecular flexibility index (Phi) is 8.58. The first kappa shape index (κ1) is 27.9. The van der Waals surface area contributed by atoms with E-state index in [0.717, 1.165) is 25.7 Å². The number of carbonyl (C=O) groups excluding carboxylic acids is 3. The summed E-state index contributed by atoms with van der Waals surface area (Å²) in [5, 5.41) is 2.50. The number of nitrogens with zero attached hydrogens (tertiary/aromatic N) is 5. The van der Waals surface area contributed by atoms with E-state index in [-0.39, 0.29) is 24.6 Å². The zero-order valence-corrected chi connectivity index (χ0v) is 24.6. The molecule has 206 valence electrons. The van der Waals surface area contributed by atoms with Gasteiger partial charge in [0.05, 0.1) is 0 Å². The van der Waals surface area contributed by atoms with Crippen molar-refractivity contribution in [3.63, 3.8) is 0 Å². The Bertz CT molecular complexity index is 1170. The van der Waals surface area contributed by atoms with Crippen molar-refractivity contribution in [1.82, 2.24) is 23.3 Å². The van der Waals surface area contributed by atoms with E-state index in [1.54, 1.807) is 32.7 Å². The zero-order chi connectivity index (χ0) is 27.4. The van der Waals surface area contributed by atoms with Gasteiger partial charge in [0, 0.05) is 0 Å². The van der Waals surface area contributed by atoms with Gasteiger partial charge in [0.25, 0.3) is 0 Å². The van der Waals surface area contributed by atoms with E-state index in [4.69, 9.17) is 9.47 Å². The number of alkyl halides is 2. The molecule has 4 rings (SSSR count). The SMILES string of the molecule is CC1CI2CN(c3ncc(-c4cccc(CN(C)C(=O)CNC(=O)OC(C)(C)C)c4)cn3)CCN2C(=O)O1. The topological polar surface area (TPSA) is 117 Å². The number of amides is 3. The molecule has 11 nitrogen and oxygen atoms in total. The van der Waals surface area contributed by atoms with Crippen molar-refractivity contribution in [3.05, 3.63) is 42.2 Å². The number of hydrogen-bond acceptors (Lipinski definition) is 8. The third kappa shape index (κ3) is 7.23. The van der Waals surface area contributed by atoms with Crippen molar-refractivity contribution in [1.29, 1.82) is 0 Å². The molecule has 3 heterocycles. The number of anilines is 1. The number of cyclic esters (lactones) is 1. The van der Waals surface area contributed by atoms with Crippen LogP contribution in [0.4, 0.5) is 15.5 Å². The Hall–Kier alpha value is -3.16. The van der Waals surface area contributed by atoms with Crippen LogP contribution in [-0.2, 0) is 20.8 Å². The number of likely N-dealkylation sites (N-methyl/N-ethyl adjacent to an activating group) is 1. The number of nitrogens with one attached hydrogen (secondary N) is 1. The second-order valence-electron chi connectivity index (χ2n) is 10.3. The summed E-state index contributed by atoms with van der Waals surface area (Å²) in [6.45, 7) is 8.86. The van der Waals surface area contributed by atoms with Crippen LogP contribution in [0.2, 0.25) is 0 Å². The van der Waals surface area contributed by atoms with Gasteiger partial charge in [-0.25, -0.2) is 4.79 Å². The van der Waals surface area contributed by atoms with Gasteiger partial charge < -0.3 is 10.1 Å². The number of carbonyl (C=O) groups is 3. The summed E-state index contributed by atoms with van der Waals surface area (Å²) in [7, 11) is 1.69. The summed E-state index contributed by atoms with van der Waals surface area (Å²) in [5.41, 5.74) is 2.15. The average molecular weight is 639 g/mol. The molecule has 1 aromatic heterocycles. The van der Waals surface area contributed by atoms with Crippen molar-refractivity contribution < 1.29 is 23.9 Å². The third-order valence-corrected chi connectivity index (χ3v) is 12.2. The monoisotopic (exact) mass is 638 g/mol. The van der Waals surface area contributed by atoms with Crippen LogP contribution in [0.3, 0.4) is 0 Å². The maximum atomic E-state index is 12.5. The Morgan fingerprint density at radius 2 is 1.95 bits per heavy atom. The van der Waals surface area contributed by atoms with E-state index in [1.807, 2.05) is 46.7 Å². The minimum absolute atomic E-state index is 0.0185. The molecule has 1 aromatic carbocycles. The molecule has 2 aliphatic rings. The molecule has 0 bridgehead atoms. The summed E-state index contributed by atoms with van der Waals surface area (Å²) in [5.74, 6) is 0.454. The van der Waals surface area contributed by atoms with Crippen molar-refractivity contribution in [2.75, 3.05) is 40.6 Å². The summed E-state index contributed by atoms with van der Waals surface area (Å²) >= 11 is -1.66. The van der Waals surface area contributed by atoms with Gasteiger partial charge in [-0.15, -0.1) is 0 Å².